The Hall–Kier alpha value is -3.50. The third kappa shape index (κ3) is 4.10. The van der Waals surface area contributed by atoms with Gasteiger partial charge in [-0.15, -0.1) is 0 Å². The zero-order chi connectivity index (χ0) is 24.5. The second kappa shape index (κ2) is 9.03. The Morgan fingerprint density at radius 3 is 2.41 bits per heavy atom. The molecule has 1 aliphatic heterocycles. The normalized spacial score (nSPS) is 20.2. The first kappa shape index (κ1) is 23.7. The van der Waals surface area contributed by atoms with Crippen LogP contribution in [0, 0.1) is 0 Å². The van der Waals surface area contributed by atoms with Crippen LogP contribution in [0.3, 0.4) is 0 Å². The number of carbonyl (C=O) groups excluding carboxylic acids is 2. The molecule has 3 amide bonds. The van der Waals surface area contributed by atoms with Crippen LogP contribution in [-0.2, 0) is 14.8 Å². The summed E-state index contributed by atoms with van der Waals surface area (Å²) >= 11 is 0. The number of hydrogen-bond acceptors (Lipinski definition) is 5. The fourth-order valence-electron chi connectivity index (χ4n) is 4.71. The number of rotatable bonds is 6. The Morgan fingerprint density at radius 1 is 1.03 bits per heavy atom. The highest BCUT2D eigenvalue weighted by Crippen LogP contribution is 2.38. The number of benzene rings is 2. The molecule has 4 N–H and O–H groups in total. The van der Waals surface area contributed by atoms with Gasteiger partial charge in [0.05, 0.1) is 12.1 Å². The van der Waals surface area contributed by atoms with Gasteiger partial charge in [0.2, 0.25) is 15.9 Å². The van der Waals surface area contributed by atoms with Crippen LogP contribution >= 0.6 is 0 Å². The molecule has 0 spiro atoms. The van der Waals surface area contributed by atoms with Gasteiger partial charge in [-0.05, 0) is 30.0 Å². The summed E-state index contributed by atoms with van der Waals surface area (Å²) in [5.41, 5.74) is 11.0. The topological polar surface area (TPSA) is 140 Å². The van der Waals surface area contributed by atoms with Crippen molar-refractivity contribution in [1.29, 1.82) is 0 Å². The van der Waals surface area contributed by atoms with E-state index in [0.717, 1.165) is 9.87 Å². The zero-order valence-corrected chi connectivity index (χ0v) is 19.6. The van der Waals surface area contributed by atoms with Crippen LogP contribution in [0.25, 0.3) is 10.9 Å². The number of carbonyl (C=O) groups is 2. The minimum absolute atomic E-state index is 0.0175. The van der Waals surface area contributed by atoms with Crippen molar-refractivity contribution in [2.45, 2.75) is 29.7 Å². The predicted octanol–water partition coefficient (Wildman–Crippen LogP) is 2.04. The second-order valence-electron chi connectivity index (χ2n) is 8.58. The first-order valence-electron chi connectivity index (χ1n) is 10.9. The Labute approximate surface area is 198 Å². The van der Waals surface area contributed by atoms with Crippen LogP contribution in [-0.4, -0.2) is 59.7 Å². The number of fused-ring (bicyclic) bond motifs is 1. The maximum atomic E-state index is 14.1. The molecule has 2 heterocycles. The van der Waals surface area contributed by atoms with Crippen LogP contribution in [0.2, 0.25) is 0 Å². The highest BCUT2D eigenvalue weighted by Gasteiger charge is 2.53. The molecule has 2 unspecified atom stereocenters. The van der Waals surface area contributed by atoms with Gasteiger partial charge in [-0.25, -0.2) is 13.2 Å². The highest BCUT2D eigenvalue weighted by atomic mass is 32.2. The van der Waals surface area contributed by atoms with Gasteiger partial charge < -0.3 is 16.4 Å². The van der Waals surface area contributed by atoms with Crippen LogP contribution in [0.5, 0.6) is 0 Å². The smallest absolute Gasteiger partial charge is 0.314 e. The molecule has 1 aliphatic rings. The summed E-state index contributed by atoms with van der Waals surface area (Å²) in [7, 11) is -4.23. The van der Waals surface area contributed by atoms with Crippen molar-refractivity contribution in [3.63, 3.8) is 0 Å². The van der Waals surface area contributed by atoms with Gasteiger partial charge in [0, 0.05) is 24.7 Å². The number of primary amides is 2. The molecule has 2 aromatic carbocycles. The monoisotopic (exact) mass is 481 g/mol. The molecule has 0 aliphatic carbocycles. The van der Waals surface area contributed by atoms with Crippen molar-refractivity contribution in [2.24, 2.45) is 11.5 Å². The molecule has 3 aromatic rings. The Bertz CT molecular complexity index is 1330. The van der Waals surface area contributed by atoms with Gasteiger partial charge in [0.1, 0.15) is 10.4 Å². The minimum Gasteiger partial charge on any atom is -0.368 e. The summed E-state index contributed by atoms with van der Waals surface area (Å²) in [5, 5.41) is 0.654. The first-order valence-corrected chi connectivity index (χ1v) is 12.4. The summed E-state index contributed by atoms with van der Waals surface area (Å²) in [5.74, 6) is -1.07. The largest absolute Gasteiger partial charge is 0.368 e. The molecule has 10 heteroatoms. The van der Waals surface area contributed by atoms with E-state index in [1.807, 2.05) is 37.3 Å². The molecule has 9 nitrogen and oxygen atoms in total. The summed E-state index contributed by atoms with van der Waals surface area (Å²) in [6, 6.07) is 17.1. The molecule has 4 rings (SSSR count). The van der Waals surface area contributed by atoms with E-state index >= 15 is 0 Å². The van der Waals surface area contributed by atoms with Crippen molar-refractivity contribution in [3.8, 4) is 0 Å². The van der Waals surface area contributed by atoms with Crippen molar-refractivity contribution in [2.75, 3.05) is 19.6 Å². The van der Waals surface area contributed by atoms with E-state index in [9.17, 15) is 18.0 Å². The molecule has 0 saturated carbocycles. The number of para-hydroxylation sites is 1. The first-order chi connectivity index (χ1) is 16.2. The lowest BCUT2D eigenvalue weighted by Crippen LogP contribution is -2.70. The number of urea groups is 1. The number of pyridine rings is 1. The lowest BCUT2D eigenvalue weighted by molar-refractivity contribution is -0.130. The van der Waals surface area contributed by atoms with E-state index < -0.39 is 27.5 Å². The Kier molecular flexibility index (Phi) is 6.28. The number of amides is 3. The van der Waals surface area contributed by atoms with Gasteiger partial charge in [0.25, 0.3) is 0 Å². The average molecular weight is 482 g/mol. The summed E-state index contributed by atoms with van der Waals surface area (Å²) < 4.78 is 29.3. The SMILES string of the molecule is CC(CC1(C(N)=O)CN(C(N)=O)CCN1S(=O)(=O)c1cccc2cccnc12)c1ccccc1. The molecule has 0 bridgehead atoms. The number of hydrogen-bond donors (Lipinski definition) is 2. The number of aromatic nitrogens is 1. The predicted molar refractivity (Wildman–Crippen MR) is 128 cm³/mol. The molecule has 2 atom stereocenters. The standard InChI is InChI=1S/C24H27N5O4S/c1-17(18-7-3-2-4-8-18)15-24(22(25)30)16-28(23(26)31)13-14-29(24)34(32,33)20-11-5-9-19-10-6-12-27-21(19)20/h2-12,17H,13-16H2,1H3,(H2,25,30)(H2,26,31). The molecule has 1 saturated heterocycles. The minimum atomic E-state index is -4.23. The van der Waals surface area contributed by atoms with Gasteiger partial charge >= 0.3 is 6.03 Å². The number of nitrogens with two attached hydrogens (primary N) is 2. The van der Waals surface area contributed by atoms with Gasteiger partial charge in [-0.1, -0.05) is 55.5 Å². The van der Waals surface area contributed by atoms with Gasteiger partial charge in [-0.2, -0.15) is 4.31 Å². The molecule has 34 heavy (non-hydrogen) atoms. The fraction of sp³-hybridized carbons (Fsp3) is 0.292. The van der Waals surface area contributed by atoms with E-state index in [1.165, 1.54) is 17.2 Å². The van der Waals surface area contributed by atoms with E-state index in [1.54, 1.807) is 24.3 Å². The Morgan fingerprint density at radius 2 is 1.74 bits per heavy atom. The van der Waals surface area contributed by atoms with E-state index in [0.29, 0.717) is 10.9 Å². The molecular formula is C24H27N5O4S. The summed E-state index contributed by atoms with van der Waals surface area (Å²) in [6.07, 6.45) is 1.60. The maximum Gasteiger partial charge on any atom is 0.314 e. The third-order valence-electron chi connectivity index (χ3n) is 6.45. The molecule has 1 fully saturated rings. The summed E-state index contributed by atoms with van der Waals surface area (Å²) in [4.78, 5) is 30.7. The third-order valence-corrected chi connectivity index (χ3v) is 8.45. The molecule has 0 radical (unpaired) electrons. The quantitative estimate of drug-likeness (QED) is 0.554. The van der Waals surface area contributed by atoms with E-state index in [4.69, 9.17) is 11.5 Å². The second-order valence-corrected chi connectivity index (χ2v) is 10.4. The molecule has 178 valence electrons. The lowest BCUT2D eigenvalue weighted by Gasteiger charge is -2.48. The van der Waals surface area contributed by atoms with Crippen LogP contribution in [0.4, 0.5) is 4.79 Å². The molecule has 1 aromatic heterocycles. The Balaban J connectivity index is 1.86. The van der Waals surface area contributed by atoms with Crippen LogP contribution in [0.15, 0.2) is 71.8 Å². The van der Waals surface area contributed by atoms with Crippen molar-refractivity contribution in [1.82, 2.24) is 14.2 Å². The fourth-order valence-corrected chi connectivity index (χ4v) is 6.62. The summed E-state index contributed by atoms with van der Waals surface area (Å²) in [6.45, 7) is 1.58. The van der Waals surface area contributed by atoms with E-state index in [-0.39, 0.29) is 36.9 Å². The maximum absolute atomic E-state index is 14.1. The highest BCUT2D eigenvalue weighted by molar-refractivity contribution is 7.89. The zero-order valence-electron chi connectivity index (χ0n) is 18.8. The van der Waals surface area contributed by atoms with Crippen molar-refractivity contribution in [3.05, 3.63) is 72.4 Å². The number of piperazine rings is 1. The molecular weight excluding hydrogens is 454 g/mol. The average Bonchev–Trinajstić information content (AvgIpc) is 2.83. The lowest BCUT2D eigenvalue weighted by atomic mass is 9.82. The van der Waals surface area contributed by atoms with Crippen molar-refractivity contribution >= 4 is 32.9 Å². The van der Waals surface area contributed by atoms with Crippen LogP contribution < -0.4 is 11.5 Å². The van der Waals surface area contributed by atoms with Crippen molar-refractivity contribution < 1.29 is 18.0 Å². The number of sulfonamides is 1. The van der Waals surface area contributed by atoms with Gasteiger partial charge in [0.15, 0.2) is 0 Å². The number of nitrogens with zero attached hydrogens (tertiary/aromatic N) is 3. The van der Waals surface area contributed by atoms with Gasteiger partial charge in [-0.3, -0.25) is 9.78 Å². The van der Waals surface area contributed by atoms with Crippen LogP contribution in [0.1, 0.15) is 24.8 Å². The van der Waals surface area contributed by atoms with E-state index in [2.05, 4.69) is 4.98 Å².